The number of carbonyl (C=O) groups is 2. The molecule has 0 aliphatic carbocycles. The average Bonchev–Trinajstić information content (AvgIpc) is 3.36. The van der Waals surface area contributed by atoms with Crippen LogP contribution in [0.1, 0.15) is 23.2 Å². The molecule has 1 aromatic heterocycles. The lowest BCUT2D eigenvalue weighted by Crippen LogP contribution is -2.32. The molecule has 148 valence electrons. The van der Waals surface area contributed by atoms with Crippen LogP contribution in [-0.2, 0) is 9.53 Å². The maximum Gasteiger partial charge on any atom is 0.270 e. The lowest BCUT2D eigenvalue weighted by Gasteiger charge is -2.09. The Labute approximate surface area is 168 Å². The highest BCUT2D eigenvalue weighted by molar-refractivity contribution is 8.01. The molecule has 1 fully saturated rings. The summed E-state index contributed by atoms with van der Waals surface area (Å²) in [6.45, 7) is 1.24. The van der Waals surface area contributed by atoms with Crippen molar-refractivity contribution in [2.45, 2.75) is 23.3 Å². The third-order valence-corrected chi connectivity index (χ3v) is 5.80. The SMILES string of the molecule is O=C(CSc1nnc(NC(=O)c2cccc([N+](=O)[O-])c2)s1)NCC1CCCO1. The fraction of sp³-hybridized carbons (Fsp3) is 0.375. The van der Waals surface area contributed by atoms with Crippen LogP contribution in [0.25, 0.3) is 0 Å². The van der Waals surface area contributed by atoms with Crippen molar-refractivity contribution in [3.05, 3.63) is 39.9 Å². The molecule has 3 rings (SSSR count). The molecule has 10 nitrogen and oxygen atoms in total. The number of anilines is 1. The van der Waals surface area contributed by atoms with Crippen LogP contribution >= 0.6 is 23.1 Å². The van der Waals surface area contributed by atoms with Gasteiger partial charge in [0.25, 0.3) is 11.6 Å². The molecule has 2 N–H and O–H groups in total. The Morgan fingerprint density at radius 2 is 2.25 bits per heavy atom. The summed E-state index contributed by atoms with van der Waals surface area (Å²) in [5.74, 6) is -0.469. The molecule has 12 heteroatoms. The monoisotopic (exact) mass is 423 g/mol. The van der Waals surface area contributed by atoms with E-state index in [-0.39, 0.29) is 34.1 Å². The van der Waals surface area contributed by atoms with Gasteiger partial charge < -0.3 is 10.1 Å². The molecule has 0 saturated carbocycles. The van der Waals surface area contributed by atoms with E-state index < -0.39 is 10.8 Å². The van der Waals surface area contributed by atoms with Crippen LogP contribution in [0.15, 0.2) is 28.6 Å². The van der Waals surface area contributed by atoms with Gasteiger partial charge in [-0.3, -0.25) is 25.0 Å². The van der Waals surface area contributed by atoms with E-state index in [4.69, 9.17) is 4.74 Å². The summed E-state index contributed by atoms with van der Waals surface area (Å²) in [5, 5.41) is 24.2. The Morgan fingerprint density at radius 3 is 3.00 bits per heavy atom. The van der Waals surface area contributed by atoms with Crippen molar-refractivity contribution < 1.29 is 19.2 Å². The number of ether oxygens (including phenoxy) is 1. The number of amides is 2. The first-order valence-electron chi connectivity index (χ1n) is 8.41. The molecule has 1 aliphatic heterocycles. The van der Waals surface area contributed by atoms with E-state index in [1.807, 2.05) is 0 Å². The highest BCUT2D eigenvalue weighted by atomic mass is 32.2. The Kier molecular flexibility index (Phi) is 6.90. The summed E-state index contributed by atoms with van der Waals surface area (Å²) in [6.07, 6.45) is 2.06. The highest BCUT2D eigenvalue weighted by Crippen LogP contribution is 2.26. The third-order valence-electron chi connectivity index (χ3n) is 3.82. The minimum absolute atomic E-state index is 0.0890. The van der Waals surface area contributed by atoms with Crippen molar-refractivity contribution in [2.24, 2.45) is 0 Å². The number of nitrogens with zero attached hydrogens (tertiary/aromatic N) is 3. The molecule has 1 atom stereocenters. The fourth-order valence-corrected chi connectivity index (χ4v) is 4.04. The number of benzene rings is 1. The van der Waals surface area contributed by atoms with Gasteiger partial charge in [-0.2, -0.15) is 0 Å². The topological polar surface area (TPSA) is 136 Å². The van der Waals surface area contributed by atoms with Crippen molar-refractivity contribution in [2.75, 3.05) is 24.2 Å². The van der Waals surface area contributed by atoms with Gasteiger partial charge in [0.1, 0.15) is 0 Å². The number of hydrogen-bond donors (Lipinski definition) is 2. The van der Waals surface area contributed by atoms with Crippen molar-refractivity contribution in [3.63, 3.8) is 0 Å². The predicted octanol–water partition coefficient (Wildman–Crippen LogP) is 2.09. The van der Waals surface area contributed by atoms with Crippen molar-refractivity contribution in [1.82, 2.24) is 15.5 Å². The second kappa shape index (κ2) is 9.57. The van der Waals surface area contributed by atoms with E-state index in [1.165, 1.54) is 36.0 Å². The number of thioether (sulfide) groups is 1. The number of hydrogen-bond acceptors (Lipinski definition) is 9. The first-order valence-corrected chi connectivity index (χ1v) is 10.2. The summed E-state index contributed by atoms with van der Waals surface area (Å²) in [4.78, 5) is 34.3. The van der Waals surface area contributed by atoms with Gasteiger partial charge in [-0.05, 0) is 18.9 Å². The van der Waals surface area contributed by atoms with E-state index in [2.05, 4.69) is 20.8 Å². The van der Waals surface area contributed by atoms with Gasteiger partial charge in [0.2, 0.25) is 11.0 Å². The quantitative estimate of drug-likeness (QED) is 0.285. The first kappa shape index (κ1) is 20.2. The van der Waals surface area contributed by atoms with Crippen molar-refractivity contribution >= 4 is 45.7 Å². The van der Waals surface area contributed by atoms with Gasteiger partial charge in [-0.1, -0.05) is 29.2 Å². The number of aromatic nitrogens is 2. The van der Waals surface area contributed by atoms with Crippen LogP contribution in [0.2, 0.25) is 0 Å². The number of non-ortho nitro benzene ring substituents is 1. The molecule has 28 heavy (non-hydrogen) atoms. The van der Waals surface area contributed by atoms with E-state index in [1.54, 1.807) is 0 Å². The molecule has 1 saturated heterocycles. The minimum Gasteiger partial charge on any atom is -0.376 e. The Morgan fingerprint density at radius 1 is 1.39 bits per heavy atom. The highest BCUT2D eigenvalue weighted by Gasteiger charge is 2.17. The summed E-state index contributed by atoms with van der Waals surface area (Å²) in [7, 11) is 0. The average molecular weight is 423 g/mol. The number of rotatable bonds is 8. The van der Waals surface area contributed by atoms with E-state index >= 15 is 0 Å². The largest absolute Gasteiger partial charge is 0.376 e. The van der Waals surface area contributed by atoms with Gasteiger partial charge >= 0.3 is 0 Å². The number of nitrogens with one attached hydrogen (secondary N) is 2. The van der Waals surface area contributed by atoms with E-state index in [0.717, 1.165) is 30.8 Å². The van der Waals surface area contributed by atoms with E-state index in [9.17, 15) is 19.7 Å². The zero-order valence-corrected chi connectivity index (χ0v) is 16.3. The molecular formula is C16H17N5O5S2. The molecule has 0 bridgehead atoms. The Bertz CT molecular complexity index is 869. The maximum absolute atomic E-state index is 12.2. The molecule has 1 aliphatic rings. The third kappa shape index (κ3) is 5.71. The van der Waals surface area contributed by atoms with Gasteiger partial charge in [0.05, 0.1) is 16.8 Å². The molecule has 2 amide bonds. The zero-order valence-electron chi connectivity index (χ0n) is 14.6. The van der Waals surface area contributed by atoms with Crippen molar-refractivity contribution in [3.8, 4) is 0 Å². The summed E-state index contributed by atoms with van der Waals surface area (Å²) >= 11 is 2.33. The Hall–Kier alpha value is -2.57. The second-order valence-electron chi connectivity index (χ2n) is 5.86. The lowest BCUT2D eigenvalue weighted by atomic mass is 10.2. The maximum atomic E-state index is 12.2. The standard InChI is InChI=1S/C16H17N5O5S2/c22-13(17-8-12-5-2-6-26-12)9-27-16-20-19-15(28-16)18-14(23)10-3-1-4-11(7-10)21(24)25/h1,3-4,7,12H,2,5-6,8-9H2,(H,17,22)(H,18,19,23). The summed E-state index contributed by atoms with van der Waals surface area (Å²) < 4.78 is 5.97. The summed E-state index contributed by atoms with van der Waals surface area (Å²) in [6, 6.07) is 5.39. The fourth-order valence-electron chi connectivity index (χ4n) is 2.46. The predicted molar refractivity (Wildman–Crippen MR) is 104 cm³/mol. The molecular weight excluding hydrogens is 406 g/mol. The number of nitro benzene ring substituents is 1. The lowest BCUT2D eigenvalue weighted by molar-refractivity contribution is -0.384. The molecule has 2 aromatic rings. The van der Waals surface area contributed by atoms with Gasteiger partial charge in [-0.25, -0.2) is 0 Å². The van der Waals surface area contributed by atoms with Crippen LogP contribution in [-0.4, -0.2) is 51.9 Å². The summed E-state index contributed by atoms with van der Waals surface area (Å²) in [5.41, 5.74) is -0.0257. The number of nitro groups is 1. The van der Waals surface area contributed by atoms with E-state index in [0.29, 0.717) is 10.9 Å². The van der Waals surface area contributed by atoms with Crippen LogP contribution in [0.3, 0.4) is 0 Å². The van der Waals surface area contributed by atoms with Crippen LogP contribution in [0.4, 0.5) is 10.8 Å². The van der Waals surface area contributed by atoms with Gasteiger partial charge in [0, 0.05) is 30.8 Å². The van der Waals surface area contributed by atoms with Crippen molar-refractivity contribution in [1.29, 1.82) is 0 Å². The smallest absolute Gasteiger partial charge is 0.270 e. The molecule has 2 heterocycles. The second-order valence-corrected chi connectivity index (χ2v) is 8.06. The van der Waals surface area contributed by atoms with Crippen LogP contribution in [0, 0.1) is 10.1 Å². The molecule has 1 aromatic carbocycles. The number of carbonyl (C=O) groups excluding carboxylic acids is 2. The molecule has 0 radical (unpaired) electrons. The first-order chi connectivity index (χ1) is 13.5. The zero-order chi connectivity index (χ0) is 19.9. The molecule has 1 unspecified atom stereocenters. The van der Waals surface area contributed by atoms with Gasteiger partial charge in [-0.15, -0.1) is 10.2 Å². The Balaban J connectivity index is 1.47. The van der Waals surface area contributed by atoms with Crippen LogP contribution < -0.4 is 10.6 Å². The molecule has 0 spiro atoms. The van der Waals surface area contributed by atoms with Gasteiger partial charge in [0.15, 0.2) is 4.34 Å². The van der Waals surface area contributed by atoms with Crippen LogP contribution in [0.5, 0.6) is 0 Å². The minimum atomic E-state index is -0.569. The normalized spacial score (nSPS) is 15.9.